The third kappa shape index (κ3) is 5.80. The Kier molecular flexibility index (Phi) is 8.18. The van der Waals surface area contributed by atoms with Crippen LogP contribution in [0.4, 0.5) is 0 Å². The zero-order valence-corrected chi connectivity index (χ0v) is 30.6. The van der Waals surface area contributed by atoms with E-state index in [0.717, 1.165) is 6.42 Å². The van der Waals surface area contributed by atoms with Crippen LogP contribution in [0.3, 0.4) is 0 Å². The standard InChI is InChI=1S/C54H42/c1-36-18-20-38-24-31-45(34-44(38)21-19-36)39-22-27-43(28-23-39)54-50-16-8-7-15-49(50)53(51-33-32-46(35-52(51)54)37-10-3-2-4-11-37)42-29-25-41(26-30-42)48-17-9-13-40-12-5-6-14-47(40)48/h2-18,20,22-36,40,47H,19,21H2,1H3. The van der Waals surface area contributed by atoms with Gasteiger partial charge in [0, 0.05) is 11.8 Å². The monoisotopic (exact) mass is 690 g/mol. The molecule has 0 nitrogen and oxygen atoms in total. The smallest absolute Gasteiger partial charge is 0.0125 e. The first-order valence-electron chi connectivity index (χ1n) is 19.5. The fraction of sp³-hybridized carbons (Fsp3) is 0.111. The van der Waals surface area contributed by atoms with Crippen LogP contribution < -0.4 is 0 Å². The highest BCUT2D eigenvalue weighted by Crippen LogP contribution is 2.46. The molecule has 0 amide bonds. The lowest BCUT2D eigenvalue weighted by atomic mass is 9.77. The molecule has 54 heavy (non-hydrogen) atoms. The van der Waals surface area contributed by atoms with Crippen LogP contribution in [-0.4, -0.2) is 0 Å². The van der Waals surface area contributed by atoms with Crippen LogP contribution in [-0.2, 0) is 6.42 Å². The lowest BCUT2D eigenvalue weighted by Gasteiger charge is -2.27. The van der Waals surface area contributed by atoms with Crippen molar-refractivity contribution >= 4 is 33.2 Å². The number of benzene rings is 7. The molecule has 0 aromatic heterocycles. The van der Waals surface area contributed by atoms with Gasteiger partial charge in [0.15, 0.2) is 0 Å². The Morgan fingerprint density at radius 3 is 1.80 bits per heavy atom. The van der Waals surface area contributed by atoms with E-state index in [-0.39, 0.29) is 0 Å². The van der Waals surface area contributed by atoms with Crippen LogP contribution in [0.15, 0.2) is 188 Å². The van der Waals surface area contributed by atoms with E-state index in [1.54, 1.807) is 0 Å². The summed E-state index contributed by atoms with van der Waals surface area (Å²) < 4.78 is 0. The van der Waals surface area contributed by atoms with E-state index in [2.05, 4.69) is 201 Å². The highest BCUT2D eigenvalue weighted by Gasteiger charge is 2.24. The Hall–Kier alpha value is -6.24. The molecule has 10 rings (SSSR count). The van der Waals surface area contributed by atoms with Gasteiger partial charge in [-0.05, 0) is 113 Å². The second-order valence-electron chi connectivity index (χ2n) is 15.2. The topological polar surface area (TPSA) is 0 Å². The van der Waals surface area contributed by atoms with Crippen molar-refractivity contribution in [3.05, 3.63) is 205 Å². The Labute approximate surface area is 318 Å². The highest BCUT2D eigenvalue weighted by atomic mass is 14.3. The summed E-state index contributed by atoms with van der Waals surface area (Å²) in [5.41, 5.74) is 15.5. The van der Waals surface area contributed by atoms with Gasteiger partial charge in [0.1, 0.15) is 0 Å². The van der Waals surface area contributed by atoms with Gasteiger partial charge in [-0.1, -0.05) is 195 Å². The molecule has 0 radical (unpaired) electrons. The molecule has 7 aromatic carbocycles. The molecule has 0 spiro atoms. The van der Waals surface area contributed by atoms with Gasteiger partial charge >= 0.3 is 0 Å². The van der Waals surface area contributed by atoms with Crippen LogP contribution in [0.25, 0.3) is 77.7 Å². The SMILES string of the molecule is CC1C=Cc2ccc(-c3ccc(-c4c5ccccc5c(-c5ccc(C6=CC=CC7C=CC=CC67)cc5)c5ccc(-c6ccccc6)cc45)cc3)cc2CC1. The maximum atomic E-state index is 2.42. The second kappa shape index (κ2) is 13.6. The summed E-state index contributed by atoms with van der Waals surface area (Å²) in [6, 6.07) is 52.5. The van der Waals surface area contributed by atoms with E-state index in [1.807, 2.05) is 0 Å². The van der Waals surface area contributed by atoms with Crippen molar-refractivity contribution in [1.82, 2.24) is 0 Å². The molecule has 7 aromatic rings. The molecule has 0 bridgehead atoms. The van der Waals surface area contributed by atoms with Gasteiger partial charge in [-0.2, -0.15) is 0 Å². The molecule has 0 heterocycles. The molecule has 3 atom stereocenters. The van der Waals surface area contributed by atoms with Gasteiger partial charge in [-0.3, -0.25) is 0 Å². The van der Waals surface area contributed by atoms with Crippen molar-refractivity contribution in [2.75, 3.05) is 0 Å². The Balaban J connectivity index is 1.12. The normalized spacial score (nSPS) is 18.7. The molecule has 0 saturated heterocycles. The number of allylic oxidation sites excluding steroid dienone is 9. The van der Waals surface area contributed by atoms with E-state index in [1.165, 1.54) is 94.7 Å². The highest BCUT2D eigenvalue weighted by molar-refractivity contribution is 6.22. The van der Waals surface area contributed by atoms with E-state index in [9.17, 15) is 0 Å². The Morgan fingerprint density at radius 1 is 0.444 bits per heavy atom. The number of hydrogen-bond donors (Lipinski definition) is 0. The van der Waals surface area contributed by atoms with Gasteiger partial charge in [-0.25, -0.2) is 0 Å². The third-order valence-electron chi connectivity index (χ3n) is 11.9. The molecule has 3 unspecified atom stereocenters. The maximum absolute atomic E-state index is 2.42. The largest absolute Gasteiger partial charge is 0.0811 e. The van der Waals surface area contributed by atoms with Crippen LogP contribution in [0.5, 0.6) is 0 Å². The zero-order valence-electron chi connectivity index (χ0n) is 30.6. The van der Waals surface area contributed by atoms with Crippen molar-refractivity contribution in [3.63, 3.8) is 0 Å². The summed E-state index contributed by atoms with van der Waals surface area (Å²) in [5, 5.41) is 5.09. The minimum atomic E-state index is 0.382. The van der Waals surface area contributed by atoms with Crippen molar-refractivity contribution in [2.45, 2.75) is 19.8 Å². The van der Waals surface area contributed by atoms with Gasteiger partial charge in [0.2, 0.25) is 0 Å². The predicted octanol–water partition coefficient (Wildman–Crippen LogP) is 14.6. The lowest BCUT2D eigenvalue weighted by molar-refractivity contribution is 0.655. The molecule has 258 valence electrons. The molecule has 3 aliphatic rings. The van der Waals surface area contributed by atoms with Crippen molar-refractivity contribution < 1.29 is 0 Å². The first kappa shape index (κ1) is 32.4. The molecule has 0 saturated carbocycles. The lowest BCUT2D eigenvalue weighted by Crippen LogP contribution is -2.14. The van der Waals surface area contributed by atoms with Gasteiger partial charge in [-0.15, -0.1) is 0 Å². The minimum Gasteiger partial charge on any atom is -0.0811 e. The van der Waals surface area contributed by atoms with Gasteiger partial charge in [0.25, 0.3) is 0 Å². The van der Waals surface area contributed by atoms with Crippen LogP contribution in [0.2, 0.25) is 0 Å². The summed E-state index contributed by atoms with van der Waals surface area (Å²) in [6.07, 6.45) is 22.8. The van der Waals surface area contributed by atoms with Gasteiger partial charge in [0.05, 0.1) is 0 Å². The molecular weight excluding hydrogens is 649 g/mol. The number of aryl methyl sites for hydroxylation is 1. The predicted molar refractivity (Wildman–Crippen MR) is 232 cm³/mol. The Bertz CT molecular complexity index is 2700. The first-order valence-corrected chi connectivity index (χ1v) is 19.5. The van der Waals surface area contributed by atoms with Crippen LogP contribution >= 0.6 is 0 Å². The quantitative estimate of drug-likeness (QED) is 0.158. The summed E-state index contributed by atoms with van der Waals surface area (Å²) in [4.78, 5) is 0. The van der Waals surface area contributed by atoms with E-state index in [0.29, 0.717) is 17.8 Å². The van der Waals surface area contributed by atoms with Crippen LogP contribution in [0.1, 0.15) is 30.0 Å². The summed E-state index contributed by atoms with van der Waals surface area (Å²) in [6.45, 7) is 2.31. The van der Waals surface area contributed by atoms with Gasteiger partial charge < -0.3 is 0 Å². The molecular formula is C54H42. The summed E-state index contributed by atoms with van der Waals surface area (Å²) in [5.74, 6) is 1.42. The molecule has 3 aliphatic carbocycles. The van der Waals surface area contributed by atoms with E-state index >= 15 is 0 Å². The number of rotatable bonds is 5. The molecule has 0 aliphatic heterocycles. The van der Waals surface area contributed by atoms with Crippen molar-refractivity contribution in [1.29, 1.82) is 0 Å². The summed E-state index contributed by atoms with van der Waals surface area (Å²) >= 11 is 0. The minimum absolute atomic E-state index is 0.382. The van der Waals surface area contributed by atoms with E-state index < -0.39 is 0 Å². The van der Waals surface area contributed by atoms with Crippen molar-refractivity contribution in [2.24, 2.45) is 17.8 Å². The number of fused-ring (bicyclic) bond motifs is 4. The van der Waals surface area contributed by atoms with Crippen LogP contribution in [0, 0.1) is 17.8 Å². The Morgan fingerprint density at radius 2 is 1.02 bits per heavy atom. The van der Waals surface area contributed by atoms with Crippen molar-refractivity contribution in [3.8, 4) is 44.5 Å². The second-order valence-corrected chi connectivity index (χ2v) is 15.2. The third-order valence-corrected chi connectivity index (χ3v) is 11.9. The average Bonchev–Trinajstić information content (AvgIpc) is 3.43. The molecule has 0 heteroatoms. The zero-order chi connectivity index (χ0) is 36.0. The fourth-order valence-electron chi connectivity index (χ4n) is 8.99. The maximum Gasteiger partial charge on any atom is 0.0125 e. The first-order chi connectivity index (χ1) is 26.7. The molecule has 0 N–H and O–H groups in total. The number of hydrogen-bond acceptors (Lipinski definition) is 0. The van der Waals surface area contributed by atoms with E-state index in [4.69, 9.17) is 0 Å². The summed E-state index contributed by atoms with van der Waals surface area (Å²) in [7, 11) is 0. The molecule has 0 fully saturated rings. The average molecular weight is 691 g/mol. The fourth-order valence-corrected chi connectivity index (χ4v) is 8.99.